The summed E-state index contributed by atoms with van der Waals surface area (Å²) in [6, 6.07) is 0. The summed E-state index contributed by atoms with van der Waals surface area (Å²) < 4.78 is 15.6. The lowest BCUT2D eigenvalue weighted by Gasteiger charge is -2.19. The first-order valence-corrected chi connectivity index (χ1v) is 4.85. The third-order valence-corrected chi connectivity index (χ3v) is 2.06. The SMILES string of the molecule is CCOC[C@H](C[C@H](CC=O)OC)OC. The van der Waals surface area contributed by atoms with Crippen LogP contribution in [0, 0.1) is 0 Å². The highest BCUT2D eigenvalue weighted by atomic mass is 16.5. The van der Waals surface area contributed by atoms with Crippen molar-refractivity contribution in [2.24, 2.45) is 0 Å². The molecule has 0 saturated heterocycles. The second kappa shape index (κ2) is 9.12. The lowest BCUT2D eigenvalue weighted by Crippen LogP contribution is -2.26. The highest BCUT2D eigenvalue weighted by molar-refractivity contribution is 5.50. The molecule has 4 heteroatoms. The van der Waals surface area contributed by atoms with Gasteiger partial charge in [0, 0.05) is 33.7 Å². The van der Waals surface area contributed by atoms with E-state index in [0.29, 0.717) is 26.1 Å². The van der Waals surface area contributed by atoms with Crippen LogP contribution in [0.15, 0.2) is 0 Å². The summed E-state index contributed by atoms with van der Waals surface area (Å²) >= 11 is 0. The average Bonchev–Trinajstić information content (AvgIpc) is 2.22. The molecule has 0 N–H and O–H groups in total. The number of aldehydes is 1. The van der Waals surface area contributed by atoms with E-state index in [9.17, 15) is 4.79 Å². The molecule has 0 aromatic heterocycles. The third-order valence-electron chi connectivity index (χ3n) is 2.06. The van der Waals surface area contributed by atoms with Crippen molar-refractivity contribution in [1.29, 1.82) is 0 Å². The molecule has 14 heavy (non-hydrogen) atoms. The summed E-state index contributed by atoms with van der Waals surface area (Å²) in [5.41, 5.74) is 0. The Morgan fingerprint density at radius 3 is 2.29 bits per heavy atom. The van der Waals surface area contributed by atoms with Gasteiger partial charge in [-0.15, -0.1) is 0 Å². The van der Waals surface area contributed by atoms with Crippen LogP contribution in [0.3, 0.4) is 0 Å². The standard InChI is InChI=1S/C10H20O4/c1-4-14-8-10(13-3)7-9(12-2)5-6-11/h6,9-10H,4-5,7-8H2,1-3H3/t9-,10-/m0/s1. The Labute approximate surface area is 85.5 Å². The van der Waals surface area contributed by atoms with Gasteiger partial charge in [-0.05, 0) is 6.92 Å². The molecule has 0 radical (unpaired) electrons. The van der Waals surface area contributed by atoms with Gasteiger partial charge in [-0.2, -0.15) is 0 Å². The molecule has 0 amide bonds. The number of rotatable bonds is 9. The van der Waals surface area contributed by atoms with E-state index in [-0.39, 0.29) is 12.2 Å². The molecular weight excluding hydrogens is 184 g/mol. The zero-order valence-corrected chi connectivity index (χ0v) is 9.19. The van der Waals surface area contributed by atoms with Gasteiger partial charge in [0.15, 0.2) is 0 Å². The minimum absolute atomic E-state index is 0.000139. The third kappa shape index (κ3) is 6.07. The zero-order valence-electron chi connectivity index (χ0n) is 9.19. The van der Waals surface area contributed by atoms with Crippen molar-refractivity contribution >= 4 is 6.29 Å². The maximum Gasteiger partial charge on any atom is 0.122 e. The first-order valence-electron chi connectivity index (χ1n) is 4.85. The summed E-state index contributed by atoms with van der Waals surface area (Å²) in [6.45, 7) is 3.16. The molecule has 0 fully saturated rings. The van der Waals surface area contributed by atoms with E-state index in [4.69, 9.17) is 14.2 Å². The summed E-state index contributed by atoms with van der Waals surface area (Å²) in [5, 5.41) is 0. The van der Waals surface area contributed by atoms with E-state index in [1.165, 1.54) is 0 Å². The fourth-order valence-electron chi connectivity index (χ4n) is 1.17. The Morgan fingerprint density at radius 2 is 1.86 bits per heavy atom. The van der Waals surface area contributed by atoms with Crippen molar-refractivity contribution in [3.8, 4) is 0 Å². The van der Waals surface area contributed by atoms with E-state index in [1.54, 1.807) is 14.2 Å². The molecule has 0 rings (SSSR count). The first kappa shape index (κ1) is 13.5. The Morgan fingerprint density at radius 1 is 1.21 bits per heavy atom. The van der Waals surface area contributed by atoms with Gasteiger partial charge < -0.3 is 19.0 Å². The number of hydrogen-bond acceptors (Lipinski definition) is 4. The van der Waals surface area contributed by atoms with Crippen LogP contribution in [0.4, 0.5) is 0 Å². The van der Waals surface area contributed by atoms with Crippen molar-refractivity contribution < 1.29 is 19.0 Å². The topological polar surface area (TPSA) is 44.8 Å². The van der Waals surface area contributed by atoms with E-state index in [2.05, 4.69) is 0 Å². The van der Waals surface area contributed by atoms with Gasteiger partial charge >= 0.3 is 0 Å². The minimum atomic E-state index is -0.0714. The Balaban J connectivity index is 3.80. The van der Waals surface area contributed by atoms with Gasteiger partial charge in [-0.3, -0.25) is 0 Å². The molecule has 84 valence electrons. The van der Waals surface area contributed by atoms with Crippen LogP contribution in [-0.4, -0.2) is 45.9 Å². The number of carbonyl (C=O) groups excluding carboxylic acids is 1. The van der Waals surface area contributed by atoms with Crippen LogP contribution in [0.2, 0.25) is 0 Å². The van der Waals surface area contributed by atoms with Gasteiger partial charge in [0.2, 0.25) is 0 Å². The molecule has 0 aromatic rings. The van der Waals surface area contributed by atoms with Gasteiger partial charge in [0.25, 0.3) is 0 Å². The summed E-state index contributed by atoms with van der Waals surface area (Å²) in [7, 11) is 3.24. The molecule has 2 atom stereocenters. The van der Waals surface area contributed by atoms with E-state index in [0.717, 1.165) is 6.29 Å². The molecule has 0 bridgehead atoms. The molecule has 0 unspecified atom stereocenters. The lowest BCUT2D eigenvalue weighted by atomic mass is 10.1. The van der Waals surface area contributed by atoms with Gasteiger partial charge in [0.05, 0.1) is 18.8 Å². The fourth-order valence-corrected chi connectivity index (χ4v) is 1.17. The highest BCUT2D eigenvalue weighted by Crippen LogP contribution is 2.08. The van der Waals surface area contributed by atoms with Crippen LogP contribution in [0.5, 0.6) is 0 Å². The normalized spacial score (nSPS) is 15.1. The van der Waals surface area contributed by atoms with E-state index >= 15 is 0 Å². The summed E-state index contributed by atoms with van der Waals surface area (Å²) in [5.74, 6) is 0. The van der Waals surface area contributed by atoms with Crippen molar-refractivity contribution in [1.82, 2.24) is 0 Å². The molecular formula is C10H20O4. The monoisotopic (exact) mass is 204 g/mol. The molecule has 0 aliphatic rings. The number of carbonyl (C=O) groups is 1. The maximum absolute atomic E-state index is 10.3. The van der Waals surface area contributed by atoms with E-state index < -0.39 is 0 Å². The largest absolute Gasteiger partial charge is 0.381 e. The van der Waals surface area contributed by atoms with Crippen LogP contribution < -0.4 is 0 Å². The van der Waals surface area contributed by atoms with Crippen molar-refractivity contribution in [2.45, 2.75) is 32.0 Å². The molecule has 0 saturated carbocycles. The fraction of sp³-hybridized carbons (Fsp3) is 0.900. The molecule has 0 aromatic carbocycles. The molecule has 0 aliphatic heterocycles. The molecule has 4 nitrogen and oxygen atoms in total. The summed E-state index contributed by atoms with van der Waals surface area (Å²) in [6.07, 6.45) is 1.88. The van der Waals surface area contributed by atoms with Crippen LogP contribution in [0.1, 0.15) is 19.8 Å². The number of ether oxygens (including phenoxy) is 3. The quantitative estimate of drug-likeness (QED) is 0.526. The zero-order chi connectivity index (χ0) is 10.8. The van der Waals surface area contributed by atoms with Crippen LogP contribution in [0.25, 0.3) is 0 Å². The minimum Gasteiger partial charge on any atom is -0.381 e. The maximum atomic E-state index is 10.3. The smallest absolute Gasteiger partial charge is 0.122 e. The number of hydrogen-bond donors (Lipinski definition) is 0. The first-order chi connectivity index (χ1) is 6.78. The van der Waals surface area contributed by atoms with Gasteiger partial charge in [0.1, 0.15) is 6.29 Å². The predicted octanol–water partition coefficient (Wildman–Crippen LogP) is 1.03. The average molecular weight is 204 g/mol. The molecule has 0 spiro atoms. The van der Waals surface area contributed by atoms with Gasteiger partial charge in [-0.25, -0.2) is 0 Å². The predicted molar refractivity (Wildman–Crippen MR) is 53.4 cm³/mol. The second-order valence-electron chi connectivity index (χ2n) is 3.01. The summed E-state index contributed by atoms with van der Waals surface area (Å²) in [4.78, 5) is 10.3. The molecule has 0 heterocycles. The van der Waals surface area contributed by atoms with Gasteiger partial charge in [-0.1, -0.05) is 0 Å². The van der Waals surface area contributed by atoms with Crippen molar-refractivity contribution in [2.75, 3.05) is 27.4 Å². The lowest BCUT2D eigenvalue weighted by molar-refractivity contribution is -0.110. The number of methoxy groups -OCH3 is 2. The highest BCUT2D eigenvalue weighted by Gasteiger charge is 2.15. The van der Waals surface area contributed by atoms with E-state index in [1.807, 2.05) is 6.92 Å². The van der Waals surface area contributed by atoms with Crippen LogP contribution >= 0.6 is 0 Å². The second-order valence-corrected chi connectivity index (χ2v) is 3.01. The Kier molecular flexibility index (Phi) is 8.83. The Bertz CT molecular complexity index is 138. The van der Waals surface area contributed by atoms with Crippen molar-refractivity contribution in [3.63, 3.8) is 0 Å². The van der Waals surface area contributed by atoms with Crippen molar-refractivity contribution in [3.05, 3.63) is 0 Å². The molecule has 0 aliphatic carbocycles. The Hall–Kier alpha value is -0.450. The van der Waals surface area contributed by atoms with Crippen LogP contribution in [-0.2, 0) is 19.0 Å².